The Balaban J connectivity index is 1.68. The van der Waals surface area contributed by atoms with Gasteiger partial charge in [0.15, 0.2) is 0 Å². The number of likely N-dealkylation sites (N-methyl/N-ethyl adjacent to an activating group) is 1. The van der Waals surface area contributed by atoms with Gasteiger partial charge >= 0.3 is 0 Å². The van der Waals surface area contributed by atoms with Crippen molar-refractivity contribution < 1.29 is 4.79 Å². The van der Waals surface area contributed by atoms with Crippen molar-refractivity contribution in [3.05, 3.63) is 0 Å². The molecule has 2 aliphatic rings. The molecular weight excluding hydrogens is 212 g/mol. The Kier molecular flexibility index (Phi) is 4.43. The van der Waals surface area contributed by atoms with Crippen molar-refractivity contribution in [3.8, 4) is 0 Å². The first-order valence-corrected chi connectivity index (χ1v) is 7.13. The van der Waals surface area contributed by atoms with Crippen LogP contribution in [0, 0.1) is 11.8 Å². The fourth-order valence-electron chi connectivity index (χ4n) is 2.79. The molecule has 0 bridgehead atoms. The standard InChI is InChI=1S/C14H26N2O/c1-11-4-3-5-13(8-11)16(2)14(17)10-15-9-12-6-7-12/h11-13,15H,3-10H2,1-2H3. The van der Waals surface area contributed by atoms with Crippen molar-refractivity contribution in [2.75, 3.05) is 20.1 Å². The molecule has 2 atom stereocenters. The highest BCUT2D eigenvalue weighted by atomic mass is 16.2. The van der Waals surface area contributed by atoms with Crippen LogP contribution >= 0.6 is 0 Å². The minimum Gasteiger partial charge on any atom is -0.342 e. The van der Waals surface area contributed by atoms with Gasteiger partial charge in [0, 0.05) is 13.1 Å². The van der Waals surface area contributed by atoms with Crippen LogP contribution in [0.1, 0.15) is 45.4 Å². The topological polar surface area (TPSA) is 32.3 Å². The number of rotatable bonds is 5. The van der Waals surface area contributed by atoms with Crippen LogP contribution in [0.2, 0.25) is 0 Å². The van der Waals surface area contributed by atoms with E-state index in [1.165, 1.54) is 38.5 Å². The SMILES string of the molecule is CC1CCCC(N(C)C(=O)CNCC2CC2)C1. The first kappa shape index (κ1) is 12.9. The summed E-state index contributed by atoms with van der Waals surface area (Å²) in [4.78, 5) is 14.0. The fraction of sp³-hybridized carbons (Fsp3) is 0.929. The molecule has 17 heavy (non-hydrogen) atoms. The average Bonchev–Trinajstić information content (AvgIpc) is 3.12. The van der Waals surface area contributed by atoms with Gasteiger partial charge < -0.3 is 10.2 Å². The lowest BCUT2D eigenvalue weighted by atomic mass is 9.86. The van der Waals surface area contributed by atoms with Gasteiger partial charge in [-0.25, -0.2) is 0 Å². The Morgan fingerprint density at radius 2 is 2.06 bits per heavy atom. The largest absolute Gasteiger partial charge is 0.342 e. The van der Waals surface area contributed by atoms with Crippen LogP contribution in [-0.4, -0.2) is 37.0 Å². The van der Waals surface area contributed by atoms with Gasteiger partial charge in [-0.1, -0.05) is 19.8 Å². The zero-order valence-corrected chi connectivity index (χ0v) is 11.2. The number of carbonyl (C=O) groups excluding carboxylic acids is 1. The number of hydrogen-bond donors (Lipinski definition) is 1. The van der Waals surface area contributed by atoms with Crippen LogP contribution in [0.5, 0.6) is 0 Å². The molecule has 0 aromatic carbocycles. The van der Waals surface area contributed by atoms with Crippen molar-refractivity contribution in [1.29, 1.82) is 0 Å². The van der Waals surface area contributed by atoms with E-state index in [1.54, 1.807) is 0 Å². The molecule has 2 unspecified atom stereocenters. The van der Waals surface area contributed by atoms with Crippen molar-refractivity contribution in [2.45, 2.75) is 51.5 Å². The number of nitrogens with one attached hydrogen (secondary N) is 1. The number of carbonyl (C=O) groups is 1. The van der Waals surface area contributed by atoms with Crippen molar-refractivity contribution in [3.63, 3.8) is 0 Å². The van der Waals surface area contributed by atoms with Crippen molar-refractivity contribution in [1.82, 2.24) is 10.2 Å². The molecule has 2 aliphatic carbocycles. The summed E-state index contributed by atoms with van der Waals surface area (Å²) >= 11 is 0. The maximum atomic E-state index is 12.0. The summed E-state index contributed by atoms with van der Waals surface area (Å²) in [6, 6.07) is 0.481. The molecule has 1 N–H and O–H groups in total. The molecule has 1 amide bonds. The lowest BCUT2D eigenvalue weighted by Gasteiger charge is -2.34. The van der Waals surface area contributed by atoms with Gasteiger partial charge in [-0.05, 0) is 44.1 Å². The molecule has 0 heterocycles. The molecule has 0 aromatic rings. The Bertz CT molecular complexity index is 263. The summed E-state index contributed by atoms with van der Waals surface area (Å²) in [5.41, 5.74) is 0. The summed E-state index contributed by atoms with van der Waals surface area (Å²) in [5, 5.41) is 3.29. The van der Waals surface area contributed by atoms with E-state index in [1.807, 2.05) is 11.9 Å². The predicted molar refractivity (Wildman–Crippen MR) is 69.8 cm³/mol. The van der Waals surface area contributed by atoms with Crippen molar-refractivity contribution in [2.24, 2.45) is 11.8 Å². The Labute approximate surface area is 105 Å². The molecular formula is C14H26N2O. The molecule has 0 radical (unpaired) electrons. The number of hydrogen-bond acceptors (Lipinski definition) is 2. The van der Waals surface area contributed by atoms with E-state index in [2.05, 4.69) is 12.2 Å². The molecule has 98 valence electrons. The second-order valence-corrected chi connectivity index (χ2v) is 6.00. The van der Waals surface area contributed by atoms with Gasteiger partial charge in [-0.2, -0.15) is 0 Å². The van der Waals surface area contributed by atoms with E-state index in [4.69, 9.17) is 0 Å². The van der Waals surface area contributed by atoms with Gasteiger partial charge in [0.2, 0.25) is 5.91 Å². The molecule has 3 nitrogen and oxygen atoms in total. The Morgan fingerprint density at radius 3 is 2.71 bits per heavy atom. The molecule has 2 rings (SSSR count). The highest BCUT2D eigenvalue weighted by molar-refractivity contribution is 5.78. The third-order valence-electron chi connectivity index (χ3n) is 4.26. The quantitative estimate of drug-likeness (QED) is 0.795. The lowest BCUT2D eigenvalue weighted by molar-refractivity contribution is -0.131. The molecule has 0 saturated heterocycles. The molecule has 0 aromatic heterocycles. The van der Waals surface area contributed by atoms with Crippen LogP contribution in [0.3, 0.4) is 0 Å². The maximum Gasteiger partial charge on any atom is 0.236 e. The zero-order chi connectivity index (χ0) is 12.3. The maximum absolute atomic E-state index is 12.0. The smallest absolute Gasteiger partial charge is 0.236 e. The summed E-state index contributed by atoms with van der Waals surface area (Å²) < 4.78 is 0. The second kappa shape index (κ2) is 5.85. The summed E-state index contributed by atoms with van der Waals surface area (Å²) in [6.45, 7) is 3.86. The van der Waals surface area contributed by atoms with Gasteiger partial charge in [0.05, 0.1) is 6.54 Å². The number of nitrogens with zero attached hydrogens (tertiary/aromatic N) is 1. The molecule has 0 aliphatic heterocycles. The third kappa shape index (κ3) is 3.98. The van der Waals surface area contributed by atoms with Gasteiger partial charge in [0.25, 0.3) is 0 Å². The van der Waals surface area contributed by atoms with Crippen LogP contribution in [0.4, 0.5) is 0 Å². The Hall–Kier alpha value is -0.570. The molecule has 3 heteroatoms. The summed E-state index contributed by atoms with van der Waals surface area (Å²) in [6.07, 6.45) is 7.67. The lowest BCUT2D eigenvalue weighted by Crippen LogP contribution is -2.44. The van der Waals surface area contributed by atoms with E-state index in [9.17, 15) is 4.79 Å². The zero-order valence-electron chi connectivity index (χ0n) is 11.2. The second-order valence-electron chi connectivity index (χ2n) is 6.00. The van der Waals surface area contributed by atoms with Crippen LogP contribution in [0.15, 0.2) is 0 Å². The van der Waals surface area contributed by atoms with Gasteiger partial charge in [0.1, 0.15) is 0 Å². The van der Waals surface area contributed by atoms with E-state index < -0.39 is 0 Å². The predicted octanol–water partition coefficient (Wildman–Crippen LogP) is 2.02. The van der Waals surface area contributed by atoms with E-state index >= 15 is 0 Å². The molecule has 2 fully saturated rings. The average molecular weight is 238 g/mol. The molecule has 2 saturated carbocycles. The fourth-order valence-corrected chi connectivity index (χ4v) is 2.79. The first-order valence-electron chi connectivity index (χ1n) is 7.13. The molecule has 0 spiro atoms. The summed E-state index contributed by atoms with van der Waals surface area (Å²) in [7, 11) is 1.98. The van der Waals surface area contributed by atoms with Crippen LogP contribution in [0.25, 0.3) is 0 Å². The number of amides is 1. The highest BCUT2D eigenvalue weighted by Crippen LogP contribution is 2.28. The minimum absolute atomic E-state index is 0.268. The van der Waals surface area contributed by atoms with Gasteiger partial charge in [-0.3, -0.25) is 4.79 Å². The van der Waals surface area contributed by atoms with E-state index in [0.29, 0.717) is 12.6 Å². The normalized spacial score (nSPS) is 29.1. The minimum atomic E-state index is 0.268. The van der Waals surface area contributed by atoms with Crippen LogP contribution in [-0.2, 0) is 4.79 Å². The van der Waals surface area contributed by atoms with E-state index in [0.717, 1.165) is 18.4 Å². The van der Waals surface area contributed by atoms with E-state index in [-0.39, 0.29) is 5.91 Å². The monoisotopic (exact) mass is 238 g/mol. The first-order chi connectivity index (χ1) is 8.16. The summed E-state index contributed by atoms with van der Waals surface area (Å²) in [5.74, 6) is 1.90. The van der Waals surface area contributed by atoms with Gasteiger partial charge in [-0.15, -0.1) is 0 Å². The van der Waals surface area contributed by atoms with Crippen LogP contribution < -0.4 is 5.32 Å². The highest BCUT2D eigenvalue weighted by Gasteiger charge is 2.26. The Morgan fingerprint density at radius 1 is 1.29 bits per heavy atom. The van der Waals surface area contributed by atoms with Crippen molar-refractivity contribution >= 4 is 5.91 Å². The third-order valence-corrected chi connectivity index (χ3v) is 4.26.